The molecule has 4 aromatic rings. The first kappa shape index (κ1) is 25.9. The first-order valence-electron chi connectivity index (χ1n) is 13.5. The number of anilines is 1. The van der Waals surface area contributed by atoms with E-state index in [1.165, 1.54) is 12.4 Å². The number of hydrogen-bond donors (Lipinski definition) is 1. The molecule has 2 aliphatic rings. The number of ether oxygens (including phenoxy) is 2. The maximum absolute atomic E-state index is 12.5. The van der Waals surface area contributed by atoms with Crippen LogP contribution >= 0.6 is 0 Å². The third-order valence-corrected chi connectivity index (χ3v) is 7.61. The molecular formula is C29H32N8O3. The molecule has 5 heterocycles. The minimum absolute atomic E-state index is 0.0519. The number of amides is 1. The Labute approximate surface area is 232 Å². The smallest absolute Gasteiger partial charge is 0.321 e. The molecule has 0 aliphatic carbocycles. The van der Waals surface area contributed by atoms with E-state index in [0.717, 1.165) is 73.7 Å². The highest BCUT2D eigenvalue weighted by molar-refractivity contribution is 6.02. The summed E-state index contributed by atoms with van der Waals surface area (Å²) in [6.07, 6.45) is 7.02. The number of hydrogen-bond acceptors (Lipinski definition) is 9. The largest absolute Gasteiger partial charge is 0.424 e. The normalized spacial score (nSPS) is 17.8. The number of likely N-dealkylation sites (tertiary alicyclic amines) is 1. The number of nitrogens with zero attached hydrogens (tertiary/aromatic N) is 7. The van der Waals surface area contributed by atoms with Crippen molar-refractivity contribution in [1.29, 1.82) is 0 Å². The van der Waals surface area contributed by atoms with Crippen LogP contribution in [-0.2, 0) is 16.1 Å². The summed E-state index contributed by atoms with van der Waals surface area (Å²) < 4.78 is 13.7. The fraction of sp³-hybridized carbons (Fsp3) is 0.345. The van der Waals surface area contributed by atoms with Gasteiger partial charge in [-0.2, -0.15) is 0 Å². The van der Waals surface area contributed by atoms with Crippen LogP contribution in [-0.4, -0.2) is 86.1 Å². The van der Waals surface area contributed by atoms with E-state index in [2.05, 4.69) is 31.0 Å². The third-order valence-electron chi connectivity index (χ3n) is 7.61. The number of fused-ring (bicyclic) bond motifs is 1. The van der Waals surface area contributed by atoms with Gasteiger partial charge in [0.2, 0.25) is 5.91 Å². The van der Waals surface area contributed by atoms with Gasteiger partial charge in [-0.05, 0) is 36.3 Å². The molecule has 206 valence electrons. The maximum atomic E-state index is 12.5. The molecule has 3 aromatic heterocycles. The van der Waals surface area contributed by atoms with Crippen LogP contribution in [0.1, 0.15) is 18.0 Å². The minimum atomic E-state index is -0.0519. The molecule has 1 amide bonds. The van der Waals surface area contributed by atoms with E-state index in [9.17, 15) is 4.79 Å². The van der Waals surface area contributed by atoms with Gasteiger partial charge in [0.1, 0.15) is 23.5 Å². The number of nitrogen functional groups attached to an aromatic ring is 1. The van der Waals surface area contributed by atoms with Crippen molar-refractivity contribution in [3.05, 3.63) is 67.4 Å². The second-order valence-electron chi connectivity index (χ2n) is 9.96. The third kappa shape index (κ3) is 5.13. The maximum Gasteiger partial charge on any atom is 0.321 e. The van der Waals surface area contributed by atoms with Crippen LogP contribution in [0, 0.1) is 0 Å². The lowest BCUT2D eigenvalue weighted by Gasteiger charge is -2.27. The Balaban J connectivity index is 1.43. The zero-order valence-corrected chi connectivity index (χ0v) is 22.3. The second kappa shape index (κ2) is 11.4. The highest BCUT2D eigenvalue weighted by Crippen LogP contribution is 2.43. The number of aromatic nitrogens is 5. The van der Waals surface area contributed by atoms with Gasteiger partial charge in [0, 0.05) is 68.8 Å². The quantitative estimate of drug-likeness (QED) is 0.336. The highest BCUT2D eigenvalue weighted by Gasteiger charge is 2.33. The zero-order valence-electron chi connectivity index (χ0n) is 22.3. The summed E-state index contributed by atoms with van der Waals surface area (Å²) in [5.41, 5.74) is 10.4. The molecule has 0 spiro atoms. The van der Waals surface area contributed by atoms with Gasteiger partial charge in [0.05, 0.1) is 18.6 Å². The number of benzene rings is 1. The fourth-order valence-electron chi connectivity index (χ4n) is 5.67. The average Bonchev–Trinajstić information content (AvgIpc) is 3.61. The van der Waals surface area contributed by atoms with Crippen molar-refractivity contribution in [2.75, 3.05) is 51.7 Å². The number of carbonyl (C=O) groups is 1. The summed E-state index contributed by atoms with van der Waals surface area (Å²) in [7, 11) is 0. The molecule has 2 saturated heterocycles. The monoisotopic (exact) mass is 540 g/mol. The van der Waals surface area contributed by atoms with Gasteiger partial charge in [-0.1, -0.05) is 18.7 Å². The second-order valence-corrected chi connectivity index (χ2v) is 9.96. The standard InChI is InChI=1S/C29H32N8O3/c1-2-23(38)36-11-8-21(18-36)26-24(20-4-6-22(7-5-20)40-29-31-9-3-10-32-29)25-27(30)33-19-34-28(25)37(26)13-12-35-14-16-39-17-15-35/h2-7,9-10,19,21H,1,8,11-18H2,(H2,30,33,34)/t21-/m0/s1. The van der Waals surface area contributed by atoms with Crippen molar-refractivity contribution in [3.8, 4) is 22.9 Å². The van der Waals surface area contributed by atoms with E-state index in [-0.39, 0.29) is 17.8 Å². The molecule has 0 unspecified atom stereocenters. The van der Waals surface area contributed by atoms with Crippen molar-refractivity contribution in [1.82, 2.24) is 34.3 Å². The highest BCUT2D eigenvalue weighted by atomic mass is 16.5. The van der Waals surface area contributed by atoms with Crippen LogP contribution in [0.5, 0.6) is 11.8 Å². The lowest BCUT2D eigenvalue weighted by atomic mass is 9.94. The summed E-state index contributed by atoms with van der Waals surface area (Å²) in [5, 5.41) is 0.827. The Morgan fingerprint density at radius 2 is 1.85 bits per heavy atom. The summed E-state index contributed by atoms with van der Waals surface area (Å²) in [5.74, 6) is 1.11. The Morgan fingerprint density at radius 3 is 2.60 bits per heavy atom. The van der Waals surface area contributed by atoms with Gasteiger partial charge in [-0.15, -0.1) is 0 Å². The average molecular weight is 541 g/mol. The van der Waals surface area contributed by atoms with Crippen molar-refractivity contribution < 1.29 is 14.3 Å². The number of carbonyl (C=O) groups excluding carboxylic acids is 1. The lowest BCUT2D eigenvalue weighted by Crippen LogP contribution is -2.38. The van der Waals surface area contributed by atoms with Crippen molar-refractivity contribution in [3.63, 3.8) is 0 Å². The van der Waals surface area contributed by atoms with Gasteiger partial charge >= 0.3 is 6.01 Å². The van der Waals surface area contributed by atoms with Gasteiger partial charge in [-0.25, -0.2) is 19.9 Å². The topological polar surface area (TPSA) is 125 Å². The van der Waals surface area contributed by atoms with E-state index >= 15 is 0 Å². The Bertz CT molecular complexity index is 1500. The van der Waals surface area contributed by atoms with Crippen LogP contribution in [0.15, 0.2) is 61.7 Å². The number of morpholine rings is 1. The fourth-order valence-corrected chi connectivity index (χ4v) is 5.67. The van der Waals surface area contributed by atoms with Crippen LogP contribution < -0.4 is 10.5 Å². The summed E-state index contributed by atoms with van der Waals surface area (Å²) in [4.78, 5) is 34.1. The van der Waals surface area contributed by atoms with Crippen LogP contribution in [0.2, 0.25) is 0 Å². The SMILES string of the molecule is C=CC(=O)N1CC[C@H](c2c(-c3ccc(Oc4ncccn4)cc3)c3c(N)ncnc3n2CCN2CCOCC2)C1. The van der Waals surface area contributed by atoms with Crippen molar-refractivity contribution in [2.45, 2.75) is 18.9 Å². The molecule has 0 radical (unpaired) electrons. The summed E-state index contributed by atoms with van der Waals surface area (Å²) >= 11 is 0. The molecule has 11 nitrogen and oxygen atoms in total. The molecule has 2 fully saturated rings. The van der Waals surface area contributed by atoms with E-state index in [4.69, 9.17) is 20.2 Å². The molecule has 40 heavy (non-hydrogen) atoms. The van der Waals surface area contributed by atoms with Gasteiger partial charge < -0.3 is 24.7 Å². The molecule has 0 saturated carbocycles. The van der Waals surface area contributed by atoms with E-state index in [0.29, 0.717) is 24.7 Å². The van der Waals surface area contributed by atoms with Crippen molar-refractivity contribution >= 4 is 22.8 Å². The first-order valence-corrected chi connectivity index (χ1v) is 13.5. The number of rotatable bonds is 8. The number of nitrogens with two attached hydrogens (primary N) is 1. The molecule has 6 rings (SSSR count). The molecule has 2 aliphatic heterocycles. The Morgan fingerprint density at radius 1 is 1.07 bits per heavy atom. The van der Waals surface area contributed by atoms with E-state index in [1.807, 2.05) is 29.2 Å². The van der Waals surface area contributed by atoms with Gasteiger partial charge in [0.25, 0.3) is 0 Å². The molecule has 0 bridgehead atoms. The van der Waals surface area contributed by atoms with Gasteiger partial charge in [-0.3, -0.25) is 9.69 Å². The molecule has 2 N–H and O–H groups in total. The van der Waals surface area contributed by atoms with E-state index in [1.54, 1.807) is 18.5 Å². The summed E-state index contributed by atoms with van der Waals surface area (Å²) in [6, 6.07) is 9.84. The first-order chi connectivity index (χ1) is 19.6. The summed E-state index contributed by atoms with van der Waals surface area (Å²) in [6.45, 7) is 9.83. The predicted molar refractivity (Wildman–Crippen MR) is 151 cm³/mol. The van der Waals surface area contributed by atoms with Crippen LogP contribution in [0.3, 0.4) is 0 Å². The predicted octanol–water partition coefficient (Wildman–Crippen LogP) is 3.10. The van der Waals surface area contributed by atoms with Crippen LogP contribution in [0.4, 0.5) is 5.82 Å². The van der Waals surface area contributed by atoms with Crippen molar-refractivity contribution in [2.24, 2.45) is 0 Å². The Hall–Kier alpha value is -4.35. The molecular weight excluding hydrogens is 508 g/mol. The zero-order chi connectivity index (χ0) is 27.5. The molecule has 1 aromatic carbocycles. The molecule has 11 heteroatoms. The van der Waals surface area contributed by atoms with E-state index < -0.39 is 0 Å². The van der Waals surface area contributed by atoms with Gasteiger partial charge in [0.15, 0.2) is 0 Å². The molecule has 1 atom stereocenters. The lowest BCUT2D eigenvalue weighted by molar-refractivity contribution is -0.125. The Kier molecular flexibility index (Phi) is 7.39. The minimum Gasteiger partial charge on any atom is -0.424 e. The van der Waals surface area contributed by atoms with Crippen LogP contribution in [0.25, 0.3) is 22.2 Å².